The van der Waals surface area contributed by atoms with E-state index < -0.39 is 0 Å². The van der Waals surface area contributed by atoms with Gasteiger partial charge in [0, 0.05) is 23.3 Å². The van der Waals surface area contributed by atoms with Crippen LogP contribution in [-0.2, 0) is 11.2 Å². The van der Waals surface area contributed by atoms with Crippen molar-refractivity contribution in [3.63, 3.8) is 0 Å². The molecule has 3 aromatic rings. The molecular weight excluding hydrogens is 432 g/mol. The third kappa shape index (κ3) is 4.88. The van der Waals surface area contributed by atoms with Gasteiger partial charge in [0.25, 0.3) is 0 Å². The van der Waals surface area contributed by atoms with E-state index in [1.807, 2.05) is 64.9 Å². The summed E-state index contributed by atoms with van der Waals surface area (Å²) in [6.07, 6.45) is 2.81. The van der Waals surface area contributed by atoms with E-state index in [0.29, 0.717) is 10.9 Å². The van der Waals surface area contributed by atoms with Crippen LogP contribution in [0.2, 0.25) is 5.02 Å². The lowest BCUT2D eigenvalue weighted by molar-refractivity contribution is -0.129. The molecule has 0 saturated carbocycles. The van der Waals surface area contributed by atoms with Crippen molar-refractivity contribution >= 4 is 29.3 Å². The molecule has 1 fully saturated rings. The van der Waals surface area contributed by atoms with Gasteiger partial charge in [-0.05, 0) is 62.1 Å². The summed E-state index contributed by atoms with van der Waals surface area (Å²) in [6.45, 7) is 2.70. The largest absolute Gasteiger partial charge is 0.497 e. The second kappa shape index (κ2) is 9.75. The van der Waals surface area contributed by atoms with Gasteiger partial charge in [-0.15, -0.1) is 10.2 Å². The molecule has 8 heteroatoms. The number of nitrogens with zero attached hydrogens (tertiary/aromatic N) is 4. The van der Waals surface area contributed by atoms with Crippen LogP contribution < -0.4 is 4.74 Å². The zero-order valence-electron chi connectivity index (χ0n) is 17.6. The third-order valence-electron chi connectivity index (χ3n) is 5.56. The van der Waals surface area contributed by atoms with Crippen LogP contribution in [0.4, 0.5) is 0 Å². The monoisotopic (exact) mass is 456 g/mol. The van der Waals surface area contributed by atoms with E-state index in [1.54, 1.807) is 7.11 Å². The van der Waals surface area contributed by atoms with Gasteiger partial charge < -0.3 is 9.64 Å². The van der Waals surface area contributed by atoms with Crippen molar-refractivity contribution in [3.05, 3.63) is 64.9 Å². The smallest absolute Gasteiger partial charge is 0.233 e. The zero-order valence-corrected chi connectivity index (χ0v) is 19.2. The molecule has 1 aromatic heterocycles. The molecule has 1 saturated heterocycles. The molecule has 4 rings (SSSR count). The minimum Gasteiger partial charge on any atom is -0.497 e. The number of ether oxygens (including phenoxy) is 1. The number of aromatic nitrogens is 3. The summed E-state index contributed by atoms with van der Waals surface area (Å²) in [5, 5.41) is 9.97. The minimum atomic E-state index is 0.126. The molecule has 1 aliphatic heterocycles. The summed E-state index contributed by atoms with van der Waals surface area (Å²) in [5.41, 5.74) is 2.03. The number of methoxy groups -OCH3 is 1. The van der Waals surface area contributed by atoms with Crippen molar-refractivity contribution in [2.75, 3.05) is 19.4 Å². The molecule has 1 aliphatic rings. The number of carbonyl (C=O) groups excluding carboxylic acids is 1. The highest BCUT2D eigenvalue weighted by Gasteiger charge is 2.29. The molecule has 31 heavy (non-hydrogen) atoms. The minimum absolute atomic E-state index is 0.126. The van der Waals surface area contributed by atoms with E-state index in [9.17, 15) is 4.79 Å². The van der Waals surface area contributed by atoms with E-state index in [1.165, 1.54) is 11.8 Å². The summed E-state index contributed by atoms with van der Waals surface area (Å²) in [5.74, 6) is 2.02. The van der Waals surface area contributed by atoms with Crippen LogP contribution in [0.15, 0.2) is 53.7 Å². The summed E-state index contributed by atoms with van der Waals surface area (Å²) < 4.78 is 7.20. The first kappa shape index (κ1) is 21.7. The lowest BCUT2D eigenvalue weighted by Crippen LogP contribution is -2.38. The normalized spacial score (nSPS) is 16.0. The quantitative estimate of drug-likeness (QED) is 0.487. The molecular formula is C23H25ClN4O2S. The van der Waals surface area contributed by atoms with E-state index in [4.69, 9.17) is 16.3 Å². The second-order valence-electron chi connectivity index (χ2n) is 7.53. The van der Waals surface area contributed by atoms with Crippen molar-refractivity contribution in [1.82, 2.24) is 19.7 Å². The highest BCUT2D eigenvalue weighted by molar-refractivity contribution is 7.99. The Balaban J connectivity index is 1.43. The number of hydrogen-bond donors (Lipinski definition) is 0. The fourth-order valence-corrected chi connectivity index (χ4v) is 5.06. The Labute approximate surface area is 191 Å². The summed E-state index contributed by atoms with van der Waals surface area (Å²) >= 11 is 7.75. The van der Waals surface area contributed by atoms with E-state index in [-0.39, 0.29) is 11.9 Å². The Hall–Kier alpha value is -2.51. The Kier molecular flexibility index (Phi) is 6.83. The number of rotatable bonds is 7. The van der Waals surface area contributed by atoms with Gasteiger partial charge in [-0.2, -0.15) is 0 Å². The SMILES string of the molecule is COc1ccc(-n2c(C)nnc2SCC(=O)N2CCCC2Cc2ccccc2Cl)cc1. The fraction of sp³-hybridized carbons (Fsp3) is 0.348. The van der Waals surface area contributed by atoms with Crippen LogP contribution in [0.1, 0.15) is 24.2 Å². The van der Waals surface area contributed by atoms with Crippen molar-refractivity contribution in [3.8, 4) is 11.4 Å². The second-order valence-corrected chi connectivity index (χ2v) is 8.88. The molecule has 6 nitrogen and oxygen atoms in total. The fourth-order valence-electron chi connectivity index (χ4n) is 3.97. The van der Waals surface area contributed by atoms with Crippen molar-refractivity contribution in [2.24, 2.45) is 0 Å². The number of carbonyl (C=O) groups is 1. The van der Waals surface area contributed by atoms with Crippen LogP contribution in [0.3, 0.4) is 0 Å². The van der Waals surface area contributed by atoms with Gasteiger partial charge >= 0.3 is 0 Å². The summed E-state index contributed by atoms with van der Waals surface area (Å²) in [6, 6.07) is 15.8. The molecule has 0 aliphatic carbocycles. The number of likely N-dealkylation sites (tertiary alicyclic amines) is 1. The van der Waals surface area contributed by atoms with Crippen LogP contribution in [-0.4, -0.2) is 51.0 Å². The highest BCUT2D eigenvalue weighted by atomic mass is 35.5. The number of benzene rings is 2. The molecule has 1 unspecified atom stereocenters. The molecule has 162 valence electrons. The number of thioether (sulfide) groups is 1. The van der Waals surface area contributed by atoms with Gasteiger partial charge in [0.05, 0.1) is 12.9 Å². The Morgan fingerprint density at radius 3 is 2.71 bits per heavy atom. The molecule has 1 amide bonds. The molecule has 0 spiro atoms. The third-order valence-corrected chi connectivity index (χ3v) is 6.84. The van der Waals surface area contributed by atoms with E-state index in [2.05, 4.69) is 10.2 Å². The highest BCUT2D eigenvalue weighted by Crippen LogP contribution is 2.28. The lowest BCUT2D eigenvalue weighted by Gasteiger charge is -2.25. The van der Waals surface area contributed by atoms with Gasteiger partial charge in [0.1, 0.15) is 11.6 Å². The Morgan fingerprint density at radius 2 is 1.97 bits per heavy atom. The Morgan fingerprint density at radius 1 is 1.19 bits per heavy atom. The van der Waals surface area contributed by atoms with Gasteiger partial charge in [-0.1, -0.05) is 41.6 Å². The summed E-state index contributed by atoms with van der Waals surface area (Å²) in [7, 11) is 1.64. The van der Waals surface area contributed by atoms with Crippen molar-refractivity contribution in [1.29, 1.82) is 0 Å². The van der Waals surface area contributed by atoms with Crippen molar-refractivity contribution < 1.29 is 9.53 Å². The van der Waals surface area contributed by atoms with Gasteiger partial charge in [0.2, 0.25) is 5.91 Å². The molecule has 2 heterocycles. The number of halogens is 1. The van der Waals surface area contributed by atoms with Crippen LogP contribution in [0, 0.1) is 6.92 Å². The predicted octanol–water partition coefficient (Wildman–Crippen LogP) is 4.56. The molecule has 1 atom stereocenters. The van der Waals surface area contributed by atoms with Gasteiger partial charge in [-0.25, -0.2) is 0 Å². The first-order chi connectivity index (χ1) is 15.1. The molecule has 0 N–H and O–H groups in total. The number of amides is 1. The van der Waals surface area contributed by atoms with Crippen LogP contribution in [0.5, 0.6) is 5.75 Å². The molecule has 0 radical (unpaired) electrons. The summed E-state index contributed by atoms with van der Waals surface area (Å²) in [4.78, 5) is 15.0. The van der Waals surface area contributed by atoms with Crippen molar-refractivity contribution in [2.45, 2.75) is 37.4 Å². The molecule has 0 bridgehead atoms. The lowest BCUT2D eigenvalue weighted by atomic mass is 10.0. The maximum absolute atomic E-state index is 13.0. The molecule has 2 aromatic carbocycles. The number of hydrogen-bond acceptors (Lipinski definition) is 5. The topological polar surface area (TPSA) is 60.2 Å². The van der Waals surface area contributed by atoms with E-state index >= 15 is 0 Å². The van der Waals surface area contributed by atoms with Crippen LogP contribution in [0.25, 0.3) is 5.69 Å². The van der Waals surface area contributed by atoms with E-state index in [0.717, 1.165) is 53.7 Å². The zero-order chi connectivity index (χ0) is 21.8. The maximum Gasteiger partial charge on any atom is 0.233 e. The average molecular weight is 457 g/mol. The standard InChI is InChI=1S/C23H25ClN4O2S/c1-16-25-26-23(28(16)18-9-11-20(30-2)12-10-18)31-15-22(29)27-13-5-7-19(27)14-17-6-3-4-8-21(17)24/h3-4,6,8-12,19H,5,7,13-15H2,1-2H3. The predicted molar refractivity (Wildman–Crippen MR) is 123 cm³/mol. The van der Waals surface area contributed by atoms with Crippen LogP contribution >= 0.6 is 23.4 Å². The van der Waals surface area contributed by atoms with Gasteiger partial charge in [-0.3, -0.25) is 9.36 Å². The first-order valence-corrected chi connectivity index (χ1v) is 11.7. The Bertz CT molecular complexity index is 1050. The number of aryl methyl sites for hydroxylation is 1. The first-order valence-electron chi connectivity index (χ1n) is 10.3. The average Bonchev–Trinajstić information content (AvgIpc) is 3.40. The maximum atomic E-state index is 13.0. The van der Waals surface area contributed by atoms with Gasteiger partial charge in [0.15, 0.2) is 5.16 Å².